The Morgan fingerprint density at radius 1 is 1.24 bits per heavy atom. The van der Waals surface area contributed by atoms with Crippen LogP contribution >= 0.6 is 23.4 Å². The lowest BCUT2D eigenvalue weighted by atomic mass is 9.98. The maximum atomic E-state index is 6.18. The summed E-state index contributed by atoms with van der Waals surface area (Å²) in [7, 11) is 0. The molecule has 1 N–H and O–H groups in total. The van der Waals surface area contributed by atoms with Crippen molar-refractivity contribution in [2.75, 3.05) is 5.75 Å². The average Bonchev–Trinajstić information content (AvgIpc) is 2.48. The monoisotopic (exact) mass is 317 g/mol. The Kier molecular flexibility index (Phi) is 4.58. The number of nitrogens with one attached hydrogen (secondary N) is 1. The summed E-state index contributed by atoms with van der Waals surface area (Å²) in [6, 6.07) is 15.6. The third-order valence-electron chi connectivity index (χ3n) is 4.12. The topological polar surface area (TPSA) is 12.0 Å². The molecule has 2 aromatic rings. The summed E-state index contributed by atoms with van der Waals surface area (Å²) >= 11 is 8.11. The highest BCUT2D eigenvalue weighted by Crippen LogP contribution is 2.38. The molecule has 110 valence electrons. The Bertz CT molecular complexity index is 641. The minimum Gasteiger partial charge on any atom is -0.303 e. The molecule has 3 rings (SSSR count). The zero-order valence-corrected chi connectivity index (χ0v) is 14.0. The van der Waals surface area contributed by atoms with Gasteiger partial charge in [-0.05, 0) is 60.9 Å². The van der Waals surface area contributed by atoms with Gasteiger partial charge in [-0.15, -0.1) is 11.8 Å². The molecule has 21 heavy (non-hydrogen) atoms. The van der Waals surface area contributed by atoms with Gasteiger partial charge in [0.25, 0.3) is 0 Å². The minimum atomic E-state index is 0.339. The van der Waals surface area contributed by atoms with Gasteiger partial charge in [0.15, 0.2) is 0 Å². The molecule has 0 amide bonds. The first-order valence-electron chi connectivity index (χ1n) is 7.39. The summed E-state index contributed by atoms with van der Waals surface area (Å²) in [5.41, 5.74) is 4.06. The van der Waals surface area contributed by atoms with Crippen LogP contribution in [-0.4, -0.2) is 5.75 Å². The Morgan fingerprint density at radius 2 is 2.05 bits per heavy atom. The van der Waals surface area contributed by atoms with Gasteiger partial charge in [-0.2, -0.15) is 0 Å². The van der Waals surface area contributed by atoms with Crippen LogP contribution in [0.15, 0.2) is 47.4 Å². The second-order valence-corrected chi connectivity index (χ2v) is 7.19. The Hall–Kier alpha value is -0.960. The number of fused-ring (bicyclic) bond motifs is 1. The predicted molar refractivity (Wildman–Crippen MR) is 92.3 cm³/mol. The van der Waals surface area contributed by atoms with Crippen molar-refractivity contribution in [3.8, 4) is 0 Å². The molecule has 2 atom stereocenters. The molecule has 3 heteroatoms. The lowest BCUT2D eigenvalue weighted by Gasteiger charge is -2.29. The molecule has 1 aliphatic rings. The van der Waals surface area contributed by atoms with Gasteiger partial charge in [0, 0.05) is 22.0 Å². The van der Waals surface area contributed by atoms with Crippen molar-refractivity contribution in [1.82, 2.24) is 5.32 Å². The van der Waals surface area contributed by atoms with Crippen LogP contribution in [0.5, 0.6) is 0 Å². The molecular weight excluding hydrogens is 298 g/mol. The van der Waals surface area contributed by atoms with E-state index in [0.717, 1.165) is 17.2 Å². The lowest BCUT2D eigenvalue weighted by molar-refractivity contribution is 0.449. The maximum Gasteiger partial charge on any atom is 0.0410 e. The van der Waals surface area contributed by atoms with Gasteiger partial charge in [0.1, 0.15) is 0 Å². The van der Waals surface area contributed by atoms with Crippen molar-refractivity contribution < 1.29 is 0 Å². The van der Waals surface area contributed by atoms with Crippen molar-refractivity contribution in [3.05, 3.63) is 64.2 Å². The normalized spacial score (nSPS) is 19.1. The van der Waals surface area contributed by atoms with Gasteiger partial charge in [-0.3, -0.25) is 0 Å². The number of thioether (sulfide) groups is 1. The summed E-state index contributed by atoms with van der Waals surface area (Å²) in [5.74, 6) is 1.16. The third-order valence-corrected chi connectivity index (χ3v) is 5.48. The predicted octanol–water partition coefficient (Wildman–Crippen LogP) is 5.54. The van der Waals surface area contributed by atoms with Gasteiger partial charge in [-0.25, -0.2) is 0 Å². The number of hydrogen-bond donors (Lipinski definition) is 1. The van der Waals surface area contributed by atoms with E-state index in [1.807, 2.05) is 17.8 Å². The van der Waals surface area contributed by atoms with Crippen molar-refractivity contribution in [1.29, 1.82) is 0 Å². The molecule has 0 radical (unpaired) electrons. The van der Waals surface area contributed by atoms with E-state index >= 15 is 0 Å². The summed E-state index contributed by atoms with van der Waals surface area (Å²) in [6.07, 6.45) is 1.15. The van der Waals surface area contributed by atoms with E-state index in [2.05, 4.69) is 55.6 Å². The average molecular weight is 318 g/mol. The molecule has 0 saturated heterocycles. The van der Waals surface area contributed by atoms with E-state index in [0.29, 0.717) is 12.1 Å². The van der Waals surface area contributed by atoms with Crippen molar-refractivity contribution in [2.45, 2.75) is 37.2 Å². The molecule has 0 spiro atoms. The second kappa shape index (κ2) is 6.43. The molecule has 0 fully saturated rings. The van der Waals surface area contributed by atoms with Crippen LogP contribution in [0.2, 0.25) is 5.02 Å². The summed E-state index contributed by atoms with van der Waals surface area (Å²) in [5, 5.41) is 4.61. The molecule has 1 aliphatic heterocycles. The number of benzene rings is 2. The Labute approximate surface area is 136 Å². The smallest absolute Gasteiger partial charge is 0.0410 e. The van der Waals surface area contributed by atoms with Gasteiger partial charge < -0.3 is 5.32 Å². The fourth-order valence-corrected chi connectivity index (χ4v) is 4.29. The van der Waals surface area contributed by atoms with Gasteiger partial charge in [0.2, 0.25) is 0 Å². The highest BCUT2D eigenvalue weighted by molar-refractivity contribution is 7.99. The van der Waals surface area contributed by atoms with Crippen LogP contribution in [0, 0.1) is 6.92 Å². The van der Waals surface area contributed by atoms with Crippen LogP contribution in [0.3, 0.4) is 0 Å². The SMILES string of the molecule is Cc1ccccc1[C@@H](C)NC1CCSc2ccc(Cl)cc21. The van der Waals surface area contributed by atoms with E-state index in [9.17, 15) is 0 Å². The minimum absolute atomic E-state index is 0.339. The molecule has 0 saturated carbocycles. The van der Waals surface area contributed by atoms with E-state index in [1.54, 1.807) is 0 Å². The van der Waals surface area contributed by atoms with Crippen molar-refractivity contribution in [2.24, 2.45) is 0 Å². The molecule has 1 nitrogen and oxygen atoms in total. The first-order chi connectivity index (χ1) is 10.1. The fourth-order valence-electron chi connectivity index (χ4n) is 3.00. The number of halogens is 1. The number of hydrogen-bond acceptors (Lipinski definition) is 2. The molecule has 0 bridgehead atoms. The van der Waals surface area contributed by atoms with Gasteiger partial charge in [-0.1, -0.05) is 35.9 Å². The van der Waals surface area contributed by atoms with Crippen molar-refractivity contribution in [3.63, 3.8) is 0 Å². The molecule has 0 aromatic heterocycles. The van der Waals surface area contributed by atoms with Gasteiger partial charge >= 0.3 is 0 Å². The summed E-state index contributed by atoms with van der Waals surface area (Å²) < 4.78 is 0. The van der Waals surface area contributed by atoms with Crippen LogP contribution in [0.1, 0.15) is 42.1 Å². The van der Waals surface area contributed by atoms with E-state index in [4.69, 9.17) is 11.6 Å². The van der Waals surface area contributed by atoms with Gasteiger partial charge in [0.05, 0.1) is 0 Å². The number of aryl methyl sites for hydroxylation is 1. The quantitative estimate of drug-likeness (QED) is 0.798. The lowest BCUT2D eigenvalue weighted by Crippen LogP contribution is -2.27. The zero-order chi connectivity index (χ0) is 14.8. The van der Waals surface area contributed by atoms with Crippen LogP contribution in [0.4, 0.5) is 0 Å². The van der Waals surface area contributed by atoms with Crippen LogP contribution < -0.4 is 5.32 Å². The van der Waals surface area contributed by atoms with E-state index in [-0.39, 0.29) is 0 Å². The highest BCUT2D eigenvalue weighted by atomic mass is 35.5. The Balaban J connectivity index is 1.83. The molecule has 2 aromatic carbocycles. The highest BCUT2D eigenvalue weighted by Gasteiger charge is 2.23. The summed E-state index contributed by atoms with van der Waals surface area (Å²) in [6.45, 7) is 4.42. The fraction of sp³-hybridized carbons (Fsp3) is 0.333. The second-order valence-electron chi connectivity index (χ2n) is 5.62. The summed E-state index contributed by atoms with van der Waals surface area (Å²) in [4.78, 5) is 1.36. The van der Waals surface area contributed by atoms with Crippen molar-refractivity contribution >= 4 is 23.4 Å². The van der Waals surface area contributed by atoms with Crippen LogP contribution in [0.25, 0.3) is 0 Å². The van der Waals surface area contributed by atoms with E-state index in [1.165, 1.54) is 21.6 Å². The first kappa shape index (κ1) is 15.0. The number of rotatable bonds is 3. The molecular formula is C18H20ClNS. The first-order valence-corrected chi connectivity index (χ1v) is 8.75. The molecule has 1 heterocycles. The largest absolute Gasteiger partial charge is 0.303 e. The Morgan fingerprint density at radius 3 is 2.86 bits per heavy atom. The third kappa shape index (κ3) is 3.28. The van der Waals surface area contributed by atoms with Crippen LogP contribution in [-0.2, 0) is 0 Å². The molecule has 0 aliphatic carbocycles. The molecule has 1 unspecified atom stereocenters. The van der Waals surface area contributed by atoms with E-state index < -0.39 is 0 Å². The zero-order valence-electron chi connectivity index (χ0n) is 12.4. The maximum absolute atomic E-state index is 6.18. The standard InChI is InChI=1S/C18H20ClNS/c1-12-5-3-4-6-15(12)13(2)20-17-9-10-21-18-8-7-14(19)11-16(17)18/h3-8,11,13,17,20H,9-10H2,1-2H3/t13-,17?/m1/s1.